The van der Waals surface area contributed by atoms with E-state index in [-0.39, 0.29) is 42.8 Å². The molecule has 0 amide bonds. The SMILES string of the molecule is CCCOC(=O)O[C@@H](C)CC(N)(Cc1ccc(OC(=O)OC(C)C(C)C)c(OC(=O)OC(C)C(C)C)c1)C(=O)O. The third-order valence-electron chi connectivity index (χ3n) is 6.16. The van der Waals surface area contributed by atoms with Gasteiger partial charge in [0, 0.05) is 12.8 Å². The first-order chi connectivity index (χ1) is 18.6. The number of hydrogen-bond donors (Lipinski definition) is 2. The molecule has 0 aromatic heterocycles. The lowest BCUT2D eigenvalue weighted by atomic mass is 9.86. The van der Waals surface area contributed by atoms with Crippen LogP contribution in [0.2, 0.25) is 0 Å². The van der Waals surface area contributed by atoms with Crippen LogP contribution < -0.4 is 15.2 Å². The van der Waals surface area contributed by atoms with Gasteiger partial charge in [0.25, 0.3) is 0 Å². The fourth-order valence-corrected chi connectivity index (χ4v) is 3.17. The summed E-state index contributed by atoms with van der Waals surface area (Å²) in [7, 11) is 0. The van der Waals surface area contributed by atoms with E-state index in [1.165, 1.54) is 25.1 Å². The van der Waals surface area contributed by atoms with Gasteiger partial charge >= 0.3 is 24.4 Å². The molecule has 3 N–H and O–H groups in total. The van der Waals surface area contributed by atoms with Gasteiger partial charge in [0.2, 0.25) is 0 Å². The molecule has 0 aliphatic rings. The van der Waals surface area contributed by atoms with Crippen LogP contribution in [0.5, 0.6) is 11.5 Å². The molecule has 12 heteroatoms. The van der Waals surface area contributed by atoms with Gasteiger partial charge in [0.15, 0.2) is 11.5 Å². The van der Waals surface area contributed by atoms with Crippen LogP contribution in [-0.2, 0) is 30.2 Å². The van der Waals surface area contributed by atoms with Crippen molar-refractivity contribution < 1.29 is 52.7 Å². The van der Waals surface area contributed by atoms with Crippen molar-refractivity contribution in [1.29, 1.82) is 0 Å². The van der Waals surface area contributed by atoms with E-state index in [0.717, 1.165) is 0 Å². The first-order valence-electron chi connectivity index (χ1n) is 13.3. The molecule has 0 spiro atoms. The molecule has 0 aliphatic heterocycles. The Morgan fingerprint density at radius 1 is 0.825 bits per heavy atom. The predicted molar refractivity (Wildman–Crippen MR) is 144 cm³/mol. The fourth-order valence-electron chi connectivity index (χ4n) is 3.17. The van der Waals surface area contributed by atoms with E-state index in [9.17, 15) is 24.3 Å². The van der Waals surface area contributed by atoms with Crippen LogP contribution in [-0.4, -0.2) is 60.0 Å². The molecule has 0 heterocycles. The van der Waals surface area contributed by atoms with E-state index >= 15 is 0 Å². The second-order valence-electron chi connectivity index (χ2n) is 10.5. The molecule has 12 nitrogen and oxygen atoms in total. The molecule has 1 rings (SSSR count). The number of carboxylic acids is 1. The van der Waals surface area contributed by atoms with Crippen molar-refractivity contribution in [2.75, 3.05) is 6.61 Å². The molecule has 226 valence electrons. The van der Waals surface area contributed by atoms with Gasteiger partial charge in [-0.05, 0) is 56.7 Å². The normalized spacial score (nSPS) is 14.9. The van der Waals surface area contributed by atoms with E-state index in [0.29, 0.717) is 12.0 Å². The predicted octanol–water partition coefficient (Wildman–Crippen LogP) is 5.47. The van der Waals surface area contributed by atoms with Crippen LogP contribution in [0.4, 0.5) is 14.4 Å². The Morgan fingerprint density at radius 2 is 1.35 bits per heavy atom. The van der Waals surface area contributed by atoms with Gasteiger partial charge in [0.05, 0.1) is 6.61 Å². The second kappa shape index (κ2) is 15.9. The number of aliphatic carboxylic acids is 1. The van der Waals surface area contributed by atoms with Gasteiger partial charge in [-0.15, -0.1) is 0 Å². The average Bonchev–Trinajstić information content (AvgIpc) is 2.83. The highest BCUT2D eigenvalue weighted by molar-refractivity contribution is 5.79. The van der Waals surface area contributed by atoms with Crippen molar-refractivity contribution in [2.24, 2.45) is 17.6 Å². The maximum Gasteiger partial charge on any atom is 0.514 e. The minimum atomic E-state index is -1.87. The fraction of sp³-hybridized carbons (Fsp3) is 0.643. The van der Waals surface area contributed by atoms with Crippen LogP contribution in [0, 0.1) is 11.8 Å². The van der Waals surface area contributed by atoms with E-state index in [4.69, 9.17) is 34.2 Å². The molecule has 0 fully saturated rings. The number of carbonyl (C=O) groups excluding carboxylic acids is 3. The molecule has 0 saturated carbocycles. The van der Waals surface area contributed by atoms with Crippen LogP contribution in [0.3, 0.4) is 0 Å². The number of nitrogens with two attached hydrogens (primary N) is 1. The lowest BCUT2D eigenvalue weighted by molar-refractivity contribution is -0.144. The number of ether oxygens (including phenoxy) is 6. The summed E-state index contributed by atoms with van der Waals surface area (Å²) in [6.45, 7) is 14.3. The number of carboxylic acid groups (broad SMARTS) is 1. The molecule has 3 unspecified atom stereocenters. The van der Waals surface area contributed by atoms with Crippen LogP contribution >= 0.6 is 0 Å². The summed E-state index contributed by atoms with van der Waals surface area (Å²) in [4.78, 5) is 48.7. The van der Waals surface area contributed by atoms with E-state index < -0.39 is 48.3 Å². The zero-order valence-electron chi connectivity index (χ0n) is 24.6. The van der Waals surface area contributed by atoms with Crippen LogP contribution in [0.25, 0.3) is 0 Å². The van der Waals surface area contributed by atoms with Crippen LogP contribution in [0.1, 0.15) is 73.8 Å². The Hall–Kier alpha value is -3.54. The van der Waals surface area contributed by atoms with Gasteiger partial charge in [-0.2, -0.15) is 0 Å². The van der Waals surface area contributed by atoms with Crippen molar-refractivity contribution in [2.45, 2.75) is 98.5 Å². The van der Waals surface area contributed by atoms with Gasteiger partial charge < -0.3 is 39.3 Å². The number of rotatable bonds is 14. The first kappa shape index (κ1) is 34.5. The van der Waals surface area contributed by atoms with E-state index in [2.05, 4.69) is 0 Å². The summed E-state index contributed by atoms with van der Waals surface area (Å²) in [5.74, 6) is -1.64. The molecule has 0 saturated heterocycles. The van der Waals surface area contributed by atoms with Gasteiger partial charge in [-0.3, -0.25) is 4.79 Å². The third-order valence-corrected chi connectivity index (χ3v) is 6.16. The maximum absolute atomic E-state index is 12.5. The second-order valence-corrected chi connectivity index (χ2v) is 10.5. The number of carbonyl (C=O) groups is 4. The lowest BCUT2D eigenvalue weighted by Crippen LogP contribution is -2.52. The highest BCUT2D eigenvalue weighted by atomic mass is 16.8. The van der Waals surface area contributed by atoms with Crippen molar-refractivity contribution in [3.63, 3.8) is 0 Å². The van der Waals surface area contributed by atoms with Gasteiger partial charge in [0.1, 0.15) is 23.9 Å². The molecular weight excluding hydrogens is 526 g/mol. The average molecular weight is 570 g/mol. The minimum Gasteiger partial charge on any atom is -0.480 e. The van der Waals surface area contributed by atoms with E-state index in [1.807, 2.05) is 34.6 Å². The molecule has 0 radical (unpaired) electrons. The molecule has 1 aromatic rings. The highest BCUT2D eigenvalue weighted by Gasteiger charge is 2.37. The smallest absolute Gasteiger partial charge is 0.480 e. The summed E-state index contributed by atoms with van der Waals surface area (Å²) in [5, 5.41) is 9.90. The van der Waals surface area contributed by atoms with Gasteiger partial charge in [-0.25, -0.2) is 14.4 Å². The first-order valence-corrected chi connectivity index (χ1v) is 13.3. The summed E-state index contributed by atoms with van der Waals surface area (Å²) in [5.41, 5.74) is 4.69. The molecule has 40 heavy (non-hydrogen) atoms. The summed E-state index contributed by atoms with van der Waals surface area (Å²) in [6, 6.07) is 4.12. The number of hydrogen-bond acceptors (Lipinski definition) is 11. The molecule has 0 aliphatic carbocycles. The highest BCUT2D eigenvalue weighted by Crippen LogP contribution is 2.32. The monoisotopic (exact) mass is 569 g/mol. The van der Waals surface area contributed by atoms with E-state index in [1.54, 1.807) is 13.8 Å². The van der Waals surface area contributed by atoms with Crippen LogP contribution in [0.15, 0.2) is 18.2 Å². The summed E-state index contributed by atoms with van der Waals surface area (Å²) in [6.07, 6.45) is -4.66. The molecular formula is C28H43NO11. The Labute approximate surface area is 235 Å². The molecule has 1 aromatic carbocycles. The van der Waals surface area contributed by atoms with Crippen molar-refractivity contribution in [3.8, 4) is 11.5 Å². The Bertz CT molecular complexity index is 1010. The Balaban J connectivity index is 3.22. The topological polar surface area (TPSA) is 170 Å². The molecule has 4 atom stereocenters. The Kier molecular flexibility index (Phi) is 13.7. The minimum absolute atomic E-state index is 0.0130. The number of benzene rings is 1. The zero-order valence-corrected chi connectivity index (χ0v) is 24.6. The third kappa shape index (κ3) is 11.7. The maximum atomic E-state index is 12.5. The molecule has 0 bridgehead atoms. The summed E-state index contributed by atoms with van der Waals surface area (Å²) >= 11 is 0. The van der Waals surface area contributed by atoms with Crippen molar-refractivity contribution in [3.05, 3.63) is 23.8 Å². The Morgan fingerprint density at radius 3 is 1.82 bits per heavy atom. The lowest BCUT2D eigenvalue weighted by Gasteiger charge is -2.28. The zero-order chi connectivity index (χ0) is 30.6. The quantitative estimate of drug-likeness (QED) is 0.165. The van der Waals surface area contributed by atoms with Crippen molar-refractivity contribution in [1.82, 2.24) is 0 Å². The standard InChI is InChI=1S/C28H43NO11/c1-9-12-35-25(32)36-18(6)14-28(29,24(30)31)15-21-10-11-22(39-26(33)37-19(7)16(2)3)23(13-21)40-27(34)38-20(8)17(4)5/h10-11,13,16-20H,9,12,14-15,29H2,1-8H3,(H,30,31)/t18-,19?,20?,28?/m0/s1. The summed E-state index contributed by atoms with van der Waals surface area (Å²) < 4.78 is 31.1. The van der Waals surface area contributed by atoms with Crippen molar-refractivity contribution >= 4 is 24.4 Å². The largest absolute Gasteiger partial charge is 0.514 e. The van der Waals surface area contributed by atoms with Gasteiger partial charge in [-0.1, -0.05) is 40.7 Å².